The number of nitriles is 1. The predicted molar refractivity (Wildman–Crippen MR) is 182 cm³/mol. The lowest BCUT2D eigenvalue weighted by Gasteiger charge is -2.37. The number of benzene rings is 4. The number of nitrogens with zero attached hydrogens (tertiary/aromatic N) is 4. The Hall–Kier alpha value is -5.30. The third-order valence-corrected chi connectivity index (χ3v) is 8.28. The lowest BCUT2D eigenvalue weighted by atomic mass is 9.77. The average molecular weight is 689 g/mol. The zero-order chi connectivity index (χ0) is 32.6. The van der Waals surface area contributed by atoms with Crippen molar-refractivity contribution in [2.24, 2.45) is 7.05 Å². The minimum absolute atomic E-state index is 0.0699. The number of halogens is 2. The number of aryl methyl sites for hydroxylation is 1. The van der Waals surface area contributed by atoms with Crippen molar-refractivity contribution in [3.63, 3.8) is 0 Å². The second-order valence-electron chi connectivity index (χ2n) is 10.9. The molecular formula is C38H31BrFN5O2. The lowest BCUT2D eigenvalue weighted by Crippen LogP contribution is -2.38. The fourth-order valence-electron chi connectivity index (χ4n) is 5.58. The number of rotatable bonds is 12. The van der Waals surface area contributed by atoms with E-state index in [0.717, 1.165) is 26.7 Å². The molecule has 0 atom stereocenters. The van der Waals surface area contributed by atoms with Gasteiger partial charge in [-0.05, 0) is 68.0 Å². The molecule has 0 spiro atoms. The number of hydrogen-bond acceptors (Lipinski definition) is 6. The number of pyridine rings is 1. The highest BCUT2D eigenvalue weighted by molar-refractivity contribution is 9.10. The van der Waals surface area contributed by atoms with Crippen LogP contribution in [-0.4, -0.2) is 14.8 Å². The van der Waals surface area contributed by atoms with Crippen LogP contribution in [0.4, 0.5) is 10.2 Å². The fraction of sp³-hybridized carbons (Fsp3) is 0.132. The summed E-state index contributed by atoms with van der Waals surface area (Å²) in [5.74, 6) is 0.625. The van der Waals surface area contributed by atoms with Crippen molar-refractivity contribution in [1.29, 1.82) is 5.26 Å². The third kappa shape index (κ3) is 7.09. The van der Waals surface area contributed by atoms with Crippen molar-refractivity contribution < 1.29 is 13.9 Å². The van der Waals surface area contributed by atoms with Gasteiger partial charge < -0.3 is 14.8 Å². The molecule has 47 heavy (non-hydrogen) atoms. The molecule has 0 bridgehead atoms. The van der Waals surface area contributed by atoms with E-state index in [1.165, 1.54) is 16.8 Å². The second kappa shape index (κ2) is 14.4. The average Bonchev–Trinajstić information content (AvgIpc) is 3.48. The molecule has 234 valence electrons. The molecule has 0 aliphatic heterocycles. The molecule has 1 N–H and O–H groups in total. The Morgan fingerprint density at radius 3 is 2.00 bits per heavy atom. The van der Waals surface area contributed by atoms with E-state index in [1.54, 1.807) is 25.4 Å². The first-order chi connectivity index (χ1) is 23.0. The Morgan fingerprint density at radius 2 is 1.43 bits per heavy atom. The van der Waals surface area contributed by atoms with Crippen molar-refractivity contribution >= 4 is 21.7 Å². The van der Waals surface area contributed by atoms with Crippen LogP contribution in [0.25, 0.3) is 0 Å². The van der Waals surface area contributed by atoms with Gasteiger partial charge in [-0.1, -0.05) is 97.1 Å². The Labute approximate surface area is 281 Å². The molecule has 0 unspecified atom stereocenters. The van der Waals surface area contributed by atoms with Crippen molar-refractivity contribution in [3.05, 3.63) is 177 Å². The number of hydrogen-bond donors (Lipinski definition) is 1. The summed E-state index contributed by atoms with van der Waals surface area (Å²) < 4.78 is 29.1. The molecule has 9 heteroatoms. The first kappa shape index (κ1) is 31.7. The van der Waals surface area contributed by atoms with E-state index in [1.807, 2.05) is 60.7 Å². The number of anilines is 1. The standard InChI is InChI=1S/C38H31BrFN5O2/c1-45-35(22-41)21-34(44-45)26-46-24-27-17-18-33(40)19-28(27)25-47-36-20-32(39)23-42-37(36)43-38(29-11-5-2-6-12-29,30-13-7-3-8-14-30)31-15-9-4-10-16-31/h2-21,23H,24-26H2,1H3,(H,42,43). The molecule has 2 aromatic heterocycles. The van der Waals surface area contributed by atoms with Gasteiger partial charge in [-0.15, -0.1) is 0 Å². The summed E-state index contributed by atoms with van der Waals surface area (Å²) in [5, 5.41) is 17.3. The molecule has 0 fully saturated rings. The van der Waals surface area contributed by atoms with E-state index >= 15 is 0 Å². The fourth-order valence-corrected chi connectivity index (χ4v) is 5.89. The van der Waals surface area contributed by atoms with Crippen molar-refractivity contribution in [2.45, 2.75) is 25.4 Å². The summed E-state index contributed by atoms with van der Waals surface area (Å²) in [6.07, 6.45) is 1.72. The SMILES string of the molecule is Cn1nc(COCc2ccc(F)cc2COc2cc(Br)cnc2NC(c2ccccc2)(c2ccccc2)c2ccccc2)cc1C#N. The molecular weight excluding hydrogens is 657 g/mol. The lowest BCUT2D eigenvalue weighted by molar-refractivity contribution is 0.103. The van der Waals surface area contributed by atoms with Gasteiger partial charge in [-0.3, -0.25) is 4.68 Å². The molecule has 0 saturated heterocycles. The maximum absolute atomic E-state index is 14.5. The summed E-state index contributed by atoms with van der Waals surface area (Å²) in [6, 6.07) is 40.9. The molecule has 0 amide bonds. The van der Waals surface area contributed by atoms with Gasteiger partial charge in [-0.25, -0.2) is 9.37 Å². The van der Waals surface area contributed by atoms with Gasteiger partial charge in [0.25, 0.3) is 0 Å². The van der Waals surface area contributed by atoms with Crippen LogP contribution in [0.5, 0.6) is 5.75 Å². The monoisotopic (exact) mass is 687 g/mol. The number of ether oxygens (including phenoxy) is 2. The van der Waals surface area contributed by atoms with Gasteiger partial charge in [0, 0.05) is 17.7 Å². The van der Waals surface area contributed by atoms with Crippen molar-refractivity contribution in [3.8, 4) is 11.8 Å². The second-order valence-corrected chi connectivity index (χ2v) is 11.8. The van der Waals surface area contributed by atoms with Crippen LogP contribution in [0, 0.1) is 17.1 Å². The Bertz CT molecular complexity index is 1900. The van der Waals surface area contributed by atoms with Crippen molar-refractivity contribution in [1.82, 2.24) is 14.8 Å². The summed E-state index contributed by atoms with van der Waals surface area (Å²) >= 11 is 3.55. The summed E-state index contributed by atoms with van der Waals surface area (Å²) in [6.45, 7) is 0.482. The Kier molecular flexibility index (Phi) is 9.72. The van der Waals surface area contributed by atoms with E-state index in [-0.39, 0.29) is 25.6 Å². The molecule has 6 rings (SSSR count). The van der Waals surface area contributed by atoms with Crippen LogP contribution in [-0.2, 0) is 37.1 Å². The topological polar surface area (TPSA) is 85.0 Å². The predicted octanol–water partition coefficient (Wildman–Crippen LogP) is 8.29. The van der Waals surface area contributed by atoms with Crippen LogP contribution < -0.4 is 10.1 Å². The summed E-state index contributed by atoms with van der Waals surface area (Å²) in [7, 11) is 1.71. The van der Waals surface area contributed by atoms with Gasteiger partial charge in [0.15, 0.2) is 11.6 Å². The number of nitrogens with one attached hydrogen (secondary N) is 1. The van der Waals surface area contributed by atoms with Crippen LogP contribution in [0.1, 0.15) is 39.2 Å². The molecule has 2 heterocycles. The first-order valence-electron chi connectivity index (χ1n) is 15.0. The van der Waals surface area contributed by atoms with Crippen LogP contribution in [0.3, 0.4) is 0 Å². The van der Waals surface area contributed by atoms with Crippen molar-refractivity contribution in [2.75, 3.05) is 5.32 Å². The van der Waals surface area contributed by atoms with E-state index < -0.39 is 5.54 Å². The van der Waals surface area contributed by atoms with Gasteiger partial charge in [-0.2, -0.15) is 10.4 Å². The minimum Gasteiger partial charge on any atom is -0.485 e. The van der Waals surface area contributed by atoms with E-state index in [9.17, 15) is 9.65 Å². The minimum atomic E-state index is -0.822. The van der Waals surface area contributed by atoms with Gasteiger partial charge in [0.05, 0.1) is 18.9 Å². The maximum Gasteiger partial charge on any atom is 0.170 e. The molecule has 0 aliphatic rings. The first-order valence-corrected chi connectivity index (χ1v) is 15.8. The van der Waals surface area contributed by atoms with Gasteiger partial charge in [0.1, 0.15) is 29.7 Å². The summed E-state index contributed by atoms with van der Waals surface area (Å²) in [4.78, 5) is 4.78. The van der Waals surface area contributed by atoms with Crippen LogP contribution >= 0.6 is 15.9 Å². The maximum atomic E-state index is 14.5. The molecule has 6 aromatic rings. The quantitative estimate of drug-likeness (QED) is 0.130. The van der Waals surface area contributed by atoms with Gasteiger partial charge in [0.2, 0.25) is 0 Å². The molecule has 4 aromatic carbocycles. The molecule has 7 nitrogen and oxygen atoms in total. The molecule has 0 aliphatic carbocycles. The molecule has 0 saturated carbocycles. The number of aromatic nitrogens is 3. The largest absolute Gasteiger partial charge is 0.485 e. The summed E-state index contributed by atoms with van der Waals surface area (Å²) in [5.41, 5.74) is 4.73. The van der Waals surface area contributed by atoms with E-state index in [0.29, 0.717) is 28.5 Å². The third-order valence-electron chi connectivity index (χ3n) is 7.85. The molecule has 0 radical (unpaired) electrons. The smallest absolute Gasteiger partial charge is 0.170 e. The van der Waals surface area contributed by atoms with Crippen LogP contribution in [0.2, 0.25) is 0 Å². The van der Waals surface area contributed by atoms with Gasteiger partial charge >= 0.3 is 0 Å². The van der Waals surface area contributed by atoms with E-state index in [4.69, 9.17) is 14.5 Å². The highest BCUT2D eigenvalue weighted by Crippen LogP contribution is 2.42. The highest BCUT2D eigenvalue weighted by atomic mass is 79.9. The Balaban J connectivity index is 1.31. The highest BCUT2D eigenvalue weighted by Gasteiger charge is 2.37. The van der Waals surface area contributed by atoms with E-state index in [2.05, 4.69) is 68.8 Å². The Morgan fingerprint density at radius 1 is 0.809 bits per heavy atom. The van der Waals surface area contributed by atoms with Crippen LogP contribution in [0.15, 0.2) is 132 Å². The normalized spacial score (nSPS) is 11.2. The zero-order valence-corrected chi connectivity index (χ0v) is 27.2. The zero-order valence-electron chi connectivity index (χ0n) is 25.6.